The third-order valence-corrected chi connectivity index (χ3v) is 9.62. The predicted molar refractivity (Wildman–Crippen MR) is 112 cm³/mol. The Kier molecular flexibility index (Phi) is 11.0. The first-order chi connectivity index (χ1) is 22.1. The fraction of sp³-hybridized carbons (Fsp3) is 0.545. The molecule has 2 rings (SSSR count). The SMILES string of the molecule is FC(F)(F)C(F)(F)C(F)(F)C(F)(F)C(F)(F)C(F)(F)c1c[nH]c([I+]c2ccc(Br)cc2)c1C(F)(F)C(F)(F)C(F)(F)C(F)(F)C(F)(F)C(F)(F)F. The first-order valence-electron chi connectivity index (χ1n) is 11.6. The molecule has 51 heavy (non-hydrogen) atoms. The Morgan fingerprint density at radius 2 is 0.725 bits per heavy atom. The maximum atomic E-state index is 15.3. The Hall–Kier alpha value is -2.11. The van der Waals surface area contributed by atoms with E-state index in [-0.39, 0.29) is 4.47 Å². The molecule has 29 heteroatoms. The highest BCUT2D eigenvalue weighted by Crippen LogP contribution is 2.65. The molecule has 0 saturated heterocycles. The van der Waals surface area contributed by atoms with Gasteiger partial charge in [0.15, 0.2) is 3.57 Å². The lowest BCUT2D eigenvalue weighted by atomic mass is 9.86. The minimum absolute atomic E-state index is 0.0111. The van der Waals surface area contributed by atoms with E-state index in [1.54, 1.807) is 0 Å². The number of benzene rings is 1. The topological polar surface area (TPSA) is 15.8 Å². The summed E-state index contributed by atoms with van der Waals surface area (Å²) < 4.78 is 355. The maximum absolute atomic E-state index is 15.3. The largest absolute Gasteiger partial charge is 0.460 e. The van der Waals surface area contributed by atoms with Gasteiger partial charge >= 0.3 is 92.8 Å². The van der Waals surface area contributed by atoms with Crippen LogP contribution in [-0.4, -0.2) is 64.7 Å². The van der Waals surface area contributed by atoms with Crippen LogP contribution in [0.1, 0.15) is 11.1 Å². The Morgan fingerprint density at radius 3 is 1.06 bits per heavy atom. The summed E-state index contributed by atoms with van der Waals surface area (Å²) in [7, 11) is 0. The lowest BCUT2D eigenvalue weighted by Gasteiger charge is -2.41. The van der Waals surface area contributed by atoms with Crippen LogP contribution in [0.5, 0.6) is 0 Å². The summed E-state index contributed by atoms with van der Waals surface area (Å²) in [5.74, 6) is -85.3. The van der Waals surface area contributed by atoms with Crippen molar-refractivity contribution >= 4 is 15.9 Å². The van der Waals surface area contributed by atoms with Crippen LogP contribution in [0.3, 0.4) is 0 Å². The fourth-order valence-corrected chi connectivity index (χ4v) is 6.31. The number of H-pyrrole nitrogens is 1. The highest BCUT2D eigenvalue weighted by Gasteiger charge is 2.93. The molecule has 0 amide bonds. The number of halogens is 28. The molecule has 294 valence electrons. The van der Waals surface area contributed by atoms with Crippen molar-refractivity contribution in [3.05, 3.63) is 53.3 Å². The zero-order chi connectivity index (χ0) is 40.8. The Bertz CT molecular complexity index is 1570. The van der Waals surface area contributed by atoms with Crippen molar-refractivity contribution in [2.24, 2.45) is 0 Å². The third-order valence-electron chi connectivity index (χ3n) is 6.36. The van der Waals surface area contributed by atoms with E-state index >= 15 is 17.6 Å². The van der Waals surface area contributed by atoms with Gasteiger partial charge in [0.2, 0.25) is 0 Å². The molecule has 0 saturated carbocycles. The smallest absolute Gasteiger partial charge is 0.323 e. The monoisotopic (exact) mass is 984 g/mol. The number of hydrogen-bond donors (Lipinski definition) is 1. The van der Waals surface area contributed by atoms with E-state index in [0.29, 0.717) is 12.1 Å². The maximum Gasteiger partial charge on any atom is 0.460 e. The molecular weight excluding hydrogens is 979 g/mol. The molecule has 0 fully saturated rings. The summed E-state index contributed by atoms with van der Waals surface area (Å²) in [5.41, 5.74) is -8.23. The zero-order valence-corrected chi connectivity index (χ0v) is 26.2. The van der Waals surface area contributed by atoms with Gasteiger partial charge in [0.05, 0.1) is 5.56 Å². The van der Waals surface area contributed by atoms with Crippen LogP contribution in [0.25, 0.3) is 0 Å². The van der Waals surface area contributed by atoms with Gasteiger partial charge < -0.3 is 4.98 Å². The molecule has 0 radical (unpaired) electrons. The van der Waals surface area contributed by atoms with Gasteiger partial charge in [0.1, 0.15) is 5.56 Å². The quantitative estimate of drug-likeness (QED) is 0.163. The Labute approximate surface area is 281 Å². The van der Waals surface area contributed by atoms with Crippen molar-refractivity contribution in [1.82, 2.24) is 4.98 Å². The summed E-state index contributed by atoms with van der Waals surface area (Å²) in [6.45, 7) is 0. The van der Waals surface area contributed by atoms with Gasteiger partial charge in [-0.1, -0.05) is 15.9 Å². The third kappa shape index (κ3) is 6.26. The van der Waals surface area contributed by atoms with Gasteiger partial charge in [-0.2, -0.15) is 114 Å². The van der Waals surface area contributed by atoms with E-state index in [2.05, 4.69) is 15.9 Å². The lowest BCUT2D eigenvalue weighted by Crippen LogP contribution is -3.62. The predicted octanol–water partition coefficient (Wildman–Crippen LogP) is 8.30. The number of aromatic amines is 1. The van der Waals surface area contributed by atoms with E-state index in [1.807, 2.05) is 0 Å². The molecule has 0 atom stereocenters. The first-order valence-corrected chi connectivity index (χ1v) is 14.6. The van der Waals surface area contributed by atoms with Crippen LogP contribution in [0.4, 0.5) is 114 Å². The average Bonchev–Trinajstić information content (AvgIpc) is 3.37. The fourth-order valence-electron chi connectivity index (χ4n) is 3.49. The van der Waals surface area contributed by atoms with Crippen LogP contribution >= 0.6 is 15.9 Å². The number of hydrogen-bond acceptors (Lipinski definition) is 0. The number of rotatable bonds is 12. The van der Waals surface area contributed by atoms with Gasteiger partial charge in [-0.25, -0.2) is 0 Å². The molecule has 1 aromatic carbocycles. The van der Waals surface area contributed by atoms with Crippen LogP contribution in [-0.2, 0) is 11.8 Å². The summed E-state index contributed by atoms with van der Waals surface area (Å²) in [5, 5.41) is 0. The molecule has 0 aliphatic carbocycles. The molecule has 0 aliphatic rings. The van der Waals surface area contributed by atoms with Gasteiger partial charge in [0, 0.05) is 10.7 Å². The summed E-state index contributed by atoms with van der Waals surface area (Å²) in [4.78, 5) is 0.873. The van der Waals surface area contributed by atoms with E-state index in [4.69, 9.17) is 0 Å². The van der Waals surface area contributed by atoms with Crippen LogP contribution in [0.15, 0.2) is 34.9 Å². The molecule has 0 aliphatic heterocycles. The second kappa shape index (κ2) is 12.5. The molecule has 1 N–H and O–H groups in total. The number of alkyl halides is 26. The number of nitrogens with one attached hydrogen (secondary N) is 1. The van der Waals surface area contributed by atoms with Crippen LogP contribution < -0.4 is 21.2 Å². The summed E-state index contributed by atoms with van der Waals surface area (Å²) in [6, 6.07) is 3.02. The zero-order valence-electron chi connectivity index (χ0n) is 22.5. The van der Waals surface area contributed by atoms with Gasteiger partial charge in [-0.15, -0.1) is 0 Å². The summed E-state index contributed by atoms with van der Waals surface area (Å²) >= 11 is -0.474. The molecule has 0 spiro atoms. The standard InChI is InChI=1S/C22H6BrF26IN/c23-6-1-3-7(4-2-6)50-10-9(12(26,27)14(30,31)16(34,35)18(38,39)20(42,43)22(47,48)49)8(5-51-10)11(24,25)13(28,29)15(32,33)17(36,37)19(40,41)21(44,45)46/h1-5,51H/q+1. The molecule has 0 unspecified atom stereocenters. The van der Waals surface area contributed by atoms with Crippen molar-refractivity contribution in [2.75, 3.05) is 0 Å². The molecule has 0 bridgehead atoms. The highest BCUT2D eigenvalue weighted by atomic mass is 127. The van der Waals surface area contributed by atoms with Crippen molar-refractivity contribution < 1.29 is 135 Å². The van der Waals surface area contributed by atoms with Crippen LogP contribution in [0, 0.1) is 7.27 Å². The first kappa shape index (κ1) is 45.0. The normalized spacial score (nSPS) is 15.8. The highest BCUT2D eigenvalue weighted by molar-refractivity contribution is 9.10. The van der Waals surface area contributed by atoms with Gasteiger partial charge in [-0.3, -0.25) is 0 Å². The molecule has 1 nitrogen and oxygen atoms in total. The summed E-state index contributed by atoms with van der Waals surface area (Å²) in [6.07, 6.45) is -17.4. The lowest BCUT2D eigenvalue weighted by molar-refractivity contribution is -0.605. The average molecular weight is 985 g/mol. The van der Waals surface area contributed by atoms with Crippen molar-refractivity contribution in [1.29, 1.82) is 0 Å². The molecule has 1 heterocycles. The van der Waals surface area contributed by atoms with E-state index in [9.17, 15) is 96.6 Å². The Morgan fingerprint density at radius 1 is 0.412 bits per heavy atom. The van der Waals surface area contributed by atoms with Crippen molar-refractivity contribution in [3.8, 4) is 0 Å². The second-order valence-electron chi connectivity index (χ2n) is 9.66. The minimum atomic E-state index is -8.84. The molecule has 1 aromatic heterocycles. The van der Waals surface area contributed by atoms with Gasteiger partial charge in [-0.05, 0) is 24.3 Å². The Balaban J connectivity index is 3.06. The molecular formula is C22H6BrF26IN+. The van der Waals surface area contributed by atoms with Crippen LogP contribution in [0.2, 0.25) is 0 Å². The van der Waals surface area contributed by atoms with Gasteiger partial charge in [0.25, 0.3) is 3.70 Å². The minimum Gasteiger partial charge on any atom is -0.323 e. The van der Waals surface area contributed by atoms with E-state index in [0.717, 1.165) is 17.1 Å². The van der Waals surface area contributed by atoms with Crippen molar-refractivity contribution in [3.63, 3.8) is 0 Å². The molecule has 2 aromatic rings. The van der Waals surface area contributed by atoms with E-state index < -0.39 is 117 Å². The number of aromatic nitrogens is 1. The van der Waals surface area contributed by atoms with Crippen molar-refractivity contribution in [2.45, 2.75) is 71.6 Å². The van der Waals surface area contributed by atoms with E-state index in [1.165, 1.54) is 0 Å². The second-order valence-corrected chi connectivity index (χ2v) is 13.4.